The molecule has 0 aliphatic carbocycles. The summed E-state index contributed by atoms with van der Waals surface area (Å²) in [7, 11) is -2.92. The second kappa shape index (κ2) is 7.90. The van der Waals surface area contributed by atoms with E-state index in [1.54, 1.807) is 0 Å². The Morgan fingerprint density at radius 2 is 2.00 bits per heavy atom. The van der Waals surface area contributed by atoms with Crippen LogP contribution in [0, 0.1) is 0 Å². The molecule has 1 amide bonds. The number of nitrogens with zero attached hydrogens (tertiary/aromatic N) is 1. The van der Waals surface area contributed by atoms with Crippen LogP contribution in [0.15, 0.2) is 24.3 Å². The number of rotatable bonds is 6. The van der Waals surface area contributed by atoms with Crippen molar-refractivity contribution in [3.8, 4) is 0 Å². The van der Waals surface area contributed by atoms with E-state index in [-0.39, 0.29) is 30.1 Å². The van der Waals surface area contributed by atoms with Gasteiger partial charge in [-0.25, -0.2) is 8.42 Å². The lowest BCUT2D eigenvalue weighted by Crippen LogP contribution is -2.43. The minimum absolute atomic E-state index is 0.127. The maximum absolute atomic E-state index is 12.1. The van der Waals surface area contributed by atoms with Crippen LogP contribution in [0.2, 0.25) is 0 Å². The molecule has 128 valence electrons. The SMILES string of the molecule is CC(C)OCc1cccc(NC(=O)CN2CCS(=O)(=O)CC2)c1. The van der Waals surface area contributed by atoms with Crippen molar-refractivity contribution in [1.29, 1.82) is 0 Å². The summed E-state index contributed by atoms with van der Waals surface area (Å²) in [5.41, 5.74) is 1.73. The van der Waals surface area contributed by atoms with Crippen molar-refractivity contribution in [2.75, 3.05) is 36.5 Å². The van der Waals surface area contributed by atoms with Crippen LogP contribution in [0.5, 0.6) is 0 Å². The van der Waals surface area contributed by atoms with Gasteiger partial charge in [0.05, 0.1) is 30.8 Å². The van der Waals surface area contributed by atoms with E-state index in [0.717, 1.165) is 11.3 Å². The first-order valence-corrected chi connectivity index (χ1v) is 9.59. The number of hydrogen-bond acceptors (Lipinski definition) is 5. The molecule has 6 nitrogen and oxygen atoms in total. The van der Waals surface area contributed by atoms with Crippen molar-refractivity contribution in [1.82, 2.24) is 4.90 Å². The van der Waals surface area contributed by atoms with Crippen molar-refractivity contribution in [2.24, 2.45) is 0 Å². The predicted octanol–water partition coefficient (Wildman–Crippen LogP) is 1.28. The Hall–Kier alpha value is -1.44. The molecule has 0 bridgehead atoms. The molecule has 1 aromatic rings. The normalized spacial score (nSPS) is 18.0. The van der Waals surface area contributed by atoms with Crippen molar-refractivity contribution in [3.05, 3.63) is 29.8 Å². The van der Waals surface area contributed by atoms with E-state index < -0.39 is 9.84 Å². The first-order valence-electron chi connectivity index (χ1n) is 7.77. The number of nitrogens with one attached hydrogen (secondary N) is 1. The van der Waals surface area contributed by atoms with Crippen LogP contribution >= 0.6 is 0 Å². The second-order valence-corrected chi connectivity index (χ2v) is 8.34. The van der Waals surface area contributed by atoms with Gasteiger partial charge in [-0.3, -0.25) is 9.69 Å². The lowest BCUT2D eigenvalue weighted by Gasteiger charge is -2.25. The highest BCUT2D eigenvalue weighted by atomic mass is 32.2. The summed E-state index contributed by atoms with van der Waals surface area (Å²) in [5, 5.41) is 2.85. The lowest BCUT2D eigenvalue weighted by atomic mass is 10.2. The number of amides is 1. The Morgan fingerprint density at radius 1 is 1.30 bits per heavy atom. The fourth-order valence-corrected chi connectivity index (χ4v) is 3.59. The standard InChI is InChI=1S/C16H24N2O4S/c1-13(2)22-12-14-4-3-5-15(10-14)17-16(19)11-18-6-8-23(20,21)9-7-18/h3-5,10,13H,6-9,11-12H2,1-2H3,(H,17,19). The van der Waals surface area contributed by atoms with Gasteiger partial charge < -0.3 is 10.1 Å². The van der Waals surface area contributed by atoms with Gasteiger partial charge in [0.25, 0.3) is 0 Å². The summed E-state index contributed by atoms with van der Waals surface area (Å²) in [4.78, 5) is 13.9. The molecule has 1 saturated heterocycles. The topological polar surface area (TPSA) is 75.7 Å². The summed E-state index contributed by atoms with van der Waals surface area (Å²) < 4.78 is 28.3. The van der Waals surface area contributed by atoms with Crippen LogP contribution in [-0.4, -0.2) is 56.5 Å². The zero-order chi connectivity index (χ0) is 16.9. The Morgan fingerprint density at radius 3 is 2.65 bits per heavy atom. The number of ether oxygens (including phenoxy) is 1. The van der Waals surface area contributed by atoms with Gasteiger partial charge in [0.15, 0.2) is 9.84 Å². The number of benzene rings is 1. The number of anilines is 1. The fraction of sp³-hybridized carbons (Fsp3) is 0.562. The third-order valence-corrected chi connectivity index (χ3v) is 5.21. The molecular weight excluding hydrogens is 316 g/mol. The summed E-state index contributed by atoms with van der Waals surface area (Å²) in [6.07, 6.45) is 0.156. The molecule has 0 radical (unpaired) electrons. The van der Waals surface area contributed by atoms with Gasteiger partial charge in [-0.1, -0.05) is 12.1 Å². The monoisotopic (exact) mass is 340 g/mol. The van der Waals surface area contributed by atoms with Crippen molar-refractivity contribution in [2.45, 2.75) is 26.6 Å². The Balaban J connectivity index is 1.84. The molecule has 1 aromatic carbocycles. The largest absolute Gasteiger partial charge is 0.374 e. The Labute approximate surface area is 137 Å². The fourth-order valence-electron chi connectivity index (χ4n) is 2.31. The van der Waals surface area contributed by atoms with Crippen LogP contribution < -0.4 is 5.32 Å². The molecule has 0 aromatic heterocycles. The zero-order valence-corrected chi connectivity index (χ0v) is 14.4. The molecule has 1 heterocycles. The van der Waals surface area contributed by atoms with Crippen LogP contribution in [0.1, 0.15) is 19.4 Å². The lowest BCUT2D eigenvalue weighted by molar-refractivity contribution is -0.117. The summed E-state index contributed by atoms with van der Waals surface area (Å²) >= 11 is 0. The molecule has 0 atom stereocenters. The molecule has 0 saturated carbocycles. The van der Waals surface area contributed by atoms with E-state index in [1.165, 1.54) is 0 Å². The number of carbonyl (C=O) groups is 1. The van der Waals surface area contributed by atoms with Crippen LogP contribution in [0.4, 0.5) is 5.69 Å². The van der Waals surface area contributed by atoms with E-state index in [1.807, 2.05) is 43.0 Å². The van der Waals surface area contributed by atoms with Gasteiger partial charge in [-0.2, -0.15) is 0 Å². The molecule has 7 heteroatoms. The minimum Gasteiger partial charge on any atom is -0.374 e. The predicted molar refractivity (Wildman–Crippen MR) is 90.1 cm³/mol. The molecular formula is C16H24N2O4S. The van der Waals surface area contributed by atoms with Crippen molar-refractivity contribution >= 4 is 21.4 Å². The molecule has 1 fully saturated rings. The first kappa shape index (κ1) is 17.9. The van der Waals surface area contributed by atoms with E-state index in [0.29, 0.717) is 19.7 Å². The van der Waals surface area contributed by atoms with Crippen LogP contribution in [0.25, 0.3) is 0 Å². The maximum atomic E-state index is 12.1. The molecule has 1 aliphatic heterocycles. The van der Waals surface area contributed by atoms with Crippen molar-refractivity contribution in [3.63, 3.8) is 0 Å². The van der Waals surface area contributed by atoms with Gasteiger partial charge >= 0.3 is 0 Å². The number of carbonyl (C=O) groups excluding carboxylic acids is 1. The smallest absolute Gasteiger partial charge is 0.238 e. The van der Waals surface area contributed by atoms with Gasteiger partial charge in [0.1, 0.15) is 0 Å². The highest BCUT2D eigenvalue weighted by Crippen LogP contribution is 2.13. The average Bonchev–Trinajstić information content (AvgIpc) is 2.48. The molecule has 1 N–H and O–H groups in total. The van der Waals surface area contributed by atoms with Crippen LogP contribution in [-0.2, 0) is 26.0 Å². The molecule has 1 aliphatic rings. The minimum atomic E-state index is -2.92. The van der Waals surface area contributed by atoms with E-state index in [9.17, 15) is 13.2 Å². The molecule has 0 spiro atoms. The van der Waals surface area contributed by atoms with Gasteiger partial charge in [-0.15, -0.1) is 0 Å². The van der Waals surface area contributed by atoms with E-state index in [2.05, 4.69) is 5.32 Å². The summed E-state index contributed by atoms with van der Waals surface area (Å²) in [6.45, 7) is 5.50. The van der Waals surface area contributed by atoms with Gasteiger partial charge in [0, 0.05) is 18.8 Å². The third-order valence-electron chi connectivity index (χ3n) is 3.60. The van der Waals surface area contributed by atoms with E-state index in [4.69, 9.17) is 4.74 Å². The van der Waals surface area contributed by atoms with Gasteiger partial charge in [-0.05, 0) is 31.5 Å². The average molecular weight is 340 g/mol. The molecule has 2 rings (SSSR count). The first-order chi connectivity index (χ1) is 10.8. The molecule has 23 heavy (non-hydrogen) atoms. The van der Waals surface area contributed by atoms with Gasteiger partial charge in [0.2, 0.25) is 5.91 Å². The molecule has 0 unspecified atom stereocenters. The number of sulfone groups is 1. The van der Waals surface area contributed by atoms with Crippen molar-refractivity contribution < 1.29 is 17.9 Å². The maximum Gasteiger partial charge on any atom is 0.238 e. The quantitative estimate of drug-likeness (QED) is 0.844. The highest BCUT2D eigenvalue weighted by molar-refractivity contribution is 7.91. The summed E-state index contributed by atoms with van der Waals surface area (Å²) in [5.74, 6) is 0.121. The van der Waals surface area contributed by atoms with Crippen LogP contribution in [0.3, 0.4) is 0 Å². The second-order valence-electron chi connectivity index (χ2n) is 6.04. The zero-order valence-electron chi connectivity index (χ0n) is 13.6. The van der Waals surface area contributed by atoms with E-state index >= 15 is 0 Å². The Kier molecular flexibility index (Phi) is 6.15. The summed E-state index contributed by atoms with van der Waals surface area (Å²) in [6, 6.07) is 7.55. The Bertz CT molecular complexity index is 629. The third kappa shape index (κ3) is 6.29. The number of hydrogen-bond donors (Lipinski definition) is 1. The highest BCUT2D eigenvalue weighted by Gasteiger charge is 2.22.